The van der Waals surface area contributed by atoms with E-state index in [1.54, 1.807) is 7.05 Å². The Labute approximate surface area is 102 Å². The zero-order valence-corrected chi connectivity index (χ0v) is 10.7. The Hall–Kier alpha value is -1.10. The highest BCUT2D eigenvalue weighted by molar-refractivity contribution is 5.86. The number of carbonyl (C=O) groups excluding carboxylic acids is 1. The lowest BCUT2D eigenvalue weighted by molar-refractivity contribution is -0.155. The molecule has 5 heteroatoms. The van der Waals surface area contributed by atoms with Gasteiger partial charge < -0.3 is 14.7 Å². The van der Waals surface area contributed by atoms with E-state index < -0.39 is 11.5 Å². The number of hydrogen-bond donors (Lipinski definition) is 1. The summed E-state index contributed by atoms with van der Waals surface area (Å²) in [5.41, 5.74) is -1.15. The quantitative estimate of drug-likeness (QED) is 0.786. The van der Waals surface area contributed by atoms with Gasteiger partial charge in [-0.1, -0.05) is 0 Å². The fourth-order valence-corrected chi connectivity index (χ4v) is 1.76. The molecule has 0 saturated carbocycles. The topological polar surface area (TPSA) is 66.8 Å². The van der Waals surface area contributed by atoms with E-state index in [1.807, 2.05) is 0 Å². The Bertz CT molecular complexity index is 295. The van der Waals surface area contributed by atoms with E-state index in [4.69, 9.17) is 9.84 Å². The number of carbonyl (C=O) groups is 2. The minimum atomic E-state index is -1.15. The van der Waals surface area contributed by atoms with Crippen molar-refractivity contribution in [1.82, 2.24) is 4.90 Å². The van der Waals surface area contributed by atoms with Gasteiger partial charge >= 0.3 is 5.97 Å². The van der Waals surface area contributed by atoms with Crippen LogP contribution >= 0.6 is 0 Å². The third-order valence-electron chi connectivity index (χ3n) is 3.53. The zero-order chi connectivity index (χ0) is 13.1. The molecule has 1 saturated heterocycles. The maximum atomic E-state index is 11.9. The molecule has 0 aromatic heterocycles. The summed E-state index contributed by atoms with van der Waals surface area (Å²) in [6.45, 7) is 4.56. The second-order valence-electron chi connectivity index (χ2n) is 5.09. The van der Waals surface area contributed by atoms with E-state index in [1.165, 1.54) is 18.7 Å². The van der Waals surface area contributed by atoms with Crippen molar-refractivity contribution in [2.24, 2.45) is 5.92 Å². The molecule has 5 nitrogen and oxygen atoms in total. The average Bonchev–Trinajstić information content (AvgIpc) is 2.77. The van der Waals surface area contributed by atoms with Gasteiger partial charge in [0.15, 0.2) is 0 Å². The number of likely N-dealkylation sites (N-methyl/N-ethyl adjacent to an activating group) is 1. The summed E-state index contributed by atoms with van der Waals surface area (Å²) in [5.74, 6) is -0.665. The van der Waals surface area contributed by atoms with E-state index in [9.17, 15) is 9.59 Å². The summed E-state index contributed by atoms with van der Waals surface area (Å²) in [6.07, 6.45) is 2.17. The first-order chi connectivity index (χ1) is 7.85. The number of aliphatic carboxylic acids is 1. The molecule has 1 rings (SSSR count). The molecule has 1 heterocycles. The van der Waals surface area contributed by atoms with Crippen LogP contribution < -0.4 is 0 Å². The molecule has 0 aromatic carbocycles. The second kappa shape index (κ2) is 5.49. The molecule has 98 valence electrons. The Balaban J connectivity index is 2.43. The number of amides is 1. The largest absolute Gasteiger partial charge is 0.480 e. The van der Waals surface area contributed by atoms with Crippen LogP contribution in [0.5, 0.6) is 0 Å². The van der Waals surface area contributed by atoms with Crippen molar-refractivity contribution in [2.75, 3.05) is 20.3 Å². The number of hydrogen-bond acceptors (Lipinski definition) is 3. The van der Waals surface area contributed by atoms with E-state index in [0.717, 1.165) is 26.1 Å². The normalized spacial score (nSPS) is 20.3. The van der Waals surface area contributed by atoms with Crippen LogP contribution in [0.3, 0.4) is 0 Å². The molecule has 1 fully saturated rings. The van der Waals surface area contributed by atoms with Crippen molar-refractivity contribution in [2.45, 2.75) is 38.6 Å². The average molecular weight is 243 g/mol. The third kappa shape index (κ3) is 3.43. The number of carboxylic acid groups (broad SMARTS) is 1. The predicted octanol–water partition coefficient (Wildman–Crippen LogP) is 1.12. The number of nitrogens with zero attached hydrogens (tertiary/aromatic N) is 1. The molecule has 0 bridgehead atoms. The van der Waals surface area contributed by atoms with Crippen LogP contribution in [0, 0.1) is 5.92 Å². The Morgan fingerprint density at radius 1 is 1.47 bits per heavy atom. The van der Waals surface area contributed by atoms with Gasteiger partial charge in [-0.15, -0.1) is 0 Å². The summed E-state index contributed by atoms with van der Waals surface area (Å²) < 4.78 is 5.24. The van der Waals surface area contributed by atoms with Gasteiger partial charge in [-0.25, -0.2) is 4.79 Å². The lowest BCUT2D eigenvalue weighted by Crippen LogP contribution is -2.50. The Morgan fingerprint density at radius 2 is 2.12 bits per heavy atom. The van der Waals surface area contributed by atoms with Crippen LogP contribution in [-0.2, 0) is 14.3 Å². The molecular weight excluding hydrogens is 222 g/mol. The van der Waals surface area contributed by atoms with Gasteiger partial charge in [-0.2, -0.15) is 0 Å². The number of rotatable bonds is 5. The summed E-state index contributed by atoms with van der Waals surface area (Å²) in [6, 6.07) is 0. The van der Waals surface area contributed by atoms with Crippen LogP contribution in [0.1, 0.15) is 33.1 Å². The van der Waals surface area contributed by atoms with Crippen molar-refractivity contribution < 1.29 is 19.4 Å². The third-order valence-corrected chi connectivity index (χ3v) is 3.53. The van der Waals surface area contributed by atoms with Crippen molar-refractivity contribution in [3.8, 4) is 0 Å². The maximum absolute atomic E-state index is 11.9. The fourth-order valence-electron chi connectivity index (χ4n) is 1.76. The summed E-state index contributed by atoms with van der Waals surface area (Å²) in [7, 11) is 1.54. The van der Waals surface area contributed by atoms with Gasteiger partial charge in [-0.3, -0.25) is 4.79 Å². The molecule has 0 aromatic rings. The minimum absolute atomic E-state index is 0.121. The first kappa shape index (κ1) is 14.0. The van der Waals surface area contributed by atoms with Gasteiger partial charge in [0, 0.05) is 26.7 Å². The van der Waals surface area contributed by atoms with Crippen LogP contribution in [0.25, 0.3) is 0 Å². The highest BCUT2D eigenvalue weighted by Gasteiger charge is 2.35. The molecular formula is C12H21NO4. The molecule has 1 aliphatic rings. The van der Waals surface area contributed by atoms with Gasteiger partial charge in [0.1, 0.15) is 5.54 Å². The summed E-state index contributed by atoms with van der Waals surface area (Å²) in [4.78, 5) is 24.2. The SMILES string of the molecule is CN(C(=O)CCC1CCOC1)C(C)(C)C(=O)O. The molecule has 1 N–H and O–H groups in total. The van der Waals surface area contributed by atoms with Gasteiger partial charge in [0.25, 0.3) is 0 Å². The van der Waals surface area contributed by atoms with Crippen LogP contribution in [0.4, 0.5) is 0 Å². The second-order valence-corrected chi connectivity index (χ2v) is 5.09. The van der Waals surface area contributed by atoms with Crippen LogP contribution in [0.2, 0.25) is 0 Å². The van der Waals surface area contributed by atoms with Crippen LogP contribution in [-0.4, -0.2) is 47.7 Å². The molecule has 1 atom stereocenters. The molecule has 1 aliphatic heterocycles. The highest BCUT2D eigenvalue weighted by atomic mass is 16.5. The summed E-state index contributed by atoms with van der Waals surface area (Å²) >= 11 is 0. The Kier molecular flexibility index (Phi) is 4.51. The molecule has 0 spiro atoms. The van der Waals surface area contributed by atoms with Crippen molar-refractivity contribution in [3.63, 3.8) is 0 Å². The predicted molar refractivity (Wildman–Crippen MR) is 62.6 cm³/mol. The van der Waals surface area contributed by atoms with Gasteiger partial charge in [-0.05, 0) is 32.6 Å². The molecule has 0 aliphatic carbocycles. The first-order valence-electron chi connectivity index (χ1n) is 5.93. The van der Waals surface area contributed by atoms with Crippen molar-refractivity contribution in [3.05, 3.63) is 0 Å². The monoisotopic (exact) mass is 243 g/mol. The lowest BCUT2D eigenvalue weighted by Gasteiger charge is -2.31. The van der Waals surface area contributed by atoms with Crippen LogP contribution in [0.15, 0.2) is 0 Å². The van der Waals surface area contributed by atoms with Crippen molar-refractivity contribution in [1.29, 1.82) is 0 Å². The highest BCUT2D eigenvalue weighted by Crippen LogP contribution is 2.20. The summed E-state index contributed by atoms with van der Waals surface area (Å²) in [5, 5.41) is 9.03. The zero-order valence-electron chi connectivity index (χ0n) is 10.7. The molecule has 1 unspecified atom stereocenters. The fraction of sp³-hybridized carbons (Fsp3) is 0.833. The molecule has 1 amide bonds. The van der Waals surface area contributed by atoms with Crippen molar-refractivity contribution >= 4 is 11.9 Å². The van der Waals surface area contributed by atoms with Gasteiger partial charge in [0.05, 0.1) is 0 Å². The smallest absolute Gasteiger partial charge is 0.329 e. The standard InChI is InChI=1S/C12H21NO4/c1-12(2,11(15)16)13(3)10(14)5-4-9-6-7-17-8-9/h9H,4-8H2,1-3H3,(H,15,16). The number of carboxylic acids is 1. The Morgan fingerprint density at radius 3 is 2.59 bits per heavy atom. The first-order valence-corrected chi connectivity index (χ1v) is 5.93. The molecule has 17 heavy (non-hydrogen) atoms. The molecule has 0 radical (unpaired) electrons. The number of ether oxygens (including phenoxy) is 1. The minimum Gasteiger partial charge on any atom is -0.480 e. The van der Waals surface area contributed by atoms with E-state index in [0.29, 0.717) is 12.3 Å². The maximum Gasteiger partial charge on any atom is 0.329 e. The van der Waals surface area contributed by atoms with E-state index in [-0.39, 0.29) is 5.91 Å². The van der Waals surface area contributed by atoms with E-state index >= 15 is 0 Å². The van der Waals surface area contributed by atoms with Gasteiger partial charge in [0.2, 0.25) is 5.91 Å². The lowest BCUT2D eigenvalue weighted by atomic mass is 10.00. The van der Waals surface area contributed by atoms with E-state index in [2.05, 4.69) is 0 Å².